The van der Waals surface area contributed by atoms with Crippen LogP contribution >= 0.6 is 39.0 Å². The number of halogens is 1. The molecular formula is C20H20BrN3OS2. The second-order valence-corrected chi connectivity index (χ2v) is 9.44. The van der Waals surface area contributed by atoms with E-state index in [2.05, 4.69) is 48.7 Å². The van der Waals surface area contributed by atoms with Crippen molar-refractivity contribution in [3.8, 4) is 11.1 Å². The Bertz CT molecular complexity index is 936. The van der Waals surface area contributed by atoms with Crippen LogP contribution in [0, 0.1) is 0 Å². The Hall–Kier alpha value is -1.44. The Labute approximate surface area is 175 Å². The minimum Gasteiger partial charge on any atom is -0.353 e. The van der Waals surface area contributed by atoms with E-state index in [1.807, 2.05) is 12.1 Å². The minimum atomic E-state index is 0.0964. The predicted molar refractivity (Wildman–Crippen MR) is 116 cm³/mol. The van der Waals surface area contributed by atoms with Crippen LogP contribution in [0.1, 0.15) is 32.1 Å². The van der Waals surface area contributed by atoms with Crippen molar-refractivity contribution < 1.29 is 4.79 Å². The zero-order valence-electron chi connectivity index (χ0n) is 14.8. The van der Waals surface area contributed by atoms with E-state index in [-0.39, 0.29) is 5.91 Å². The normalized spacial score (nSPS) is 15.1. The maximum atomic E-state index is 12.4. The smallest absolute Gasteiger partial charge is 0.230 e. The van der Waals surface area contributed by atoms with Gasteiger partial charge < -0.3 is 5.32 Å². The molecule has 7 heteroatoms. The Morgan fingerprint density at radius 1 is 1.19 bits per heavy atom. The molecule has 1 N–H and O–H groups in total. The summed E-state index contributed by atoms with van der Waals surface area (Å²) in [5.74, 6) is 0.484. The third-order valence-corrected chi connectivity index (χ3v) is 7.21. The Morgan fingerprint density at radius 2 is 1.96 bits per heavy atom. The van der Waals surface area contributed by atoms with Crippen molar-refractivity contribution in [2.75, 3.05) is 5.75 Å². The van der Waals surface area contributed by atoms with Crippen LogP contribution in [0.2, 0.25) is 0 Å². The van der Waals surface area contributed by atoms with E-state index in [0.29, 0.717) is 11.8 Å². The fourth-order valence-electron chi connectivity index (χ4n) is 3.45. The van der Waals surface area contributed by atoms with Crippen molar-refractivity contribution in [2.24, 2.45) is 0 Å². The van der Waals surface area contributed by atoms with Gasteiger partial charge in [0, 0.05) is 21.5 Å². The first-order valence-corrected chi connectivity index (χ1v) is 11.8. The molecule has 1 amide bonds. The second kappa shape index (κ2) is 8.71. The minimum absolute atomic E-state index is 0.0964. The molecule has 1 aliphatic carbocycles. The van der Waals surface area contributed by atoms with Gasteiger partial charge in [-0.2, -0.15) is 0 Å². The van der Waals surface area contributed by atoms with Gasteiger partial charge in [-0.1, -0.05) is 59.1 Å². The number of nitrogens with zero attached hydrogens (tertiary/aromatic N) is 2. The lowest BCUT2D eigenvalue weighted by molar-refractivity contribution is -0.119. The van der Waals surface area contributed by atoms with Crippen LogP contribution in [-0.4, -0.2) is 27.7 Å². The summed E-state index contributed by atoms with van der Waals surface area (Å²) in [4.78, 5) is 22.2. The molecule has 1 aliphatic rings. The number of rotatable bonds is 5. The fourth-order valence-corrected chi connectivity index (χ4v) is 5.52. The van der Waals surface area contributed by atoms with Gasteiger partial charge in [-0.15, -0.1) is 11.3 Å². The molecule has 4 nitrogen and oxygen atoms in total. The number of carbonyl (C=O) groups is 1. The van der Waals surface area contributed by atoms with Crippen LogP contribution in [0.3, 0.4) is 0 Å². The van der Waals surface area contributed by atoms with Crippen LogP contribution in [-0.2, 0) is 4.79 Å². The SMILES string of the molecule is O=C(CSc1ncnc2scc(-c3ccc(Br)cc3)c12)NC1CCCCC1. The average Bonchev–Trinajstić information content (AvgIpc) is 3.12. The van der Waals surface area contributed by atoms with Crippen molar-refractivity contribution in [3.05, 3.63) is 40.4 Å². The summed E-state index contributed by atoms with van der Waals surface area (Å²) in [6.07, 6.45) is 7.52. The number of hydrogen-bond donors (Lipinski definition) is 1. The highest BCUT2D eigenvalue weighted by Gasteiger charge is 2.18. The highest BCUT2D eigenvalue weighted by molar-refractivity contribution is 9.10. The van der Waals surface area contributed by atoms with Crippen molar-refractivity contribution in [1.82, 2.24) is 15.3 Å². The van der Waals surface area contributed by atoms with Gasteiger partial charge in [0.15, 0.2) is 0 Å². The summed E-state index contributed by atoms with van der Waals surface area (Å²) in [7, 11) is 0. The van der Waals surface area contributed by atoms with Gasteiger partial charge in [-0.25, -0.2) is 9.97 Å². The first-order chi connectivity index (χ1) is 13.2. The van der Waals surface area contributed by atoms with Crippen LogP contribution in [0.5, 0.6) is 0 Å². The van der Waals surface area contributed by atoms with E-state index in [1.54, 1.807) is 17.7 Å². The molecule has 4 rings (SSSR count). The Morgan fingerprint density at radius 3 is 2.74 bits per heavy atom. The number of aromatic nitrogens is 2. The summed E-state index contributed by atoms with van der Waals surface area (Å²) >= 11 is 6.59. The van der Waals surface area contributed by atoms with Crippen LogP contribution in [0.4, 0.5) is 0 Å². The predicted octanol–water partition coefficient (Wildman–Crippen LogP) is 5.66. The Balaban J connectivity index is 1.52. The average molecular weight is 462 g/mol. The number of carbonyl (C=O) groups excluding carboxylic acids is 1. The van der Waals surface area contributed by atoms with Crippen molar-refractivity contribution in [1.29, 1.82) is 0 Å². The van der Waals surface area contributed by atoms with Crippen LogP contribution < -0.4 is 5.32 Å². The third-order valence-electron chi connectivity index (χ3n) is 4.80. The quantitative estimate of drug-likeness (QED) is 0.393. The fraction of sp³-hybridized carbons (Fsp3) is 0.350. The number of amides is 1. The lowest BCUT2D eigenvalue weighted by Crippen LogP contribution is -2.37. The molecule has 140 valence electrons. The van der Waals surface area contributed by atoms with E-state index in [0.717, 1.165) is 43.7 Å². The molecule has 0 atom stereocenters. The molecule has 0 radical (unpaired) electrons. The maximum Gasteiger partial charge on any atom is 0.230 e. The van der Waals surface area contributed by atoms with Gasteiger partial charge in [-0.3, -0.25) is 4.79 Å². The van der Waals surface area contributed by atoms with E-state index in [9.17, 15) is 4.79 Å². The van der Waals surface area contributed by atoms with Gasteiger partial charge in [0.2, 0.25) is 5.91 Å². The van der Waals surface area contributed by atoms with Gasteiger partial charge >= 0.3 is 0 Å². The van der Waals surface area contributed by atoms with Crippen molar-refractivity contribution in [2.45, 2.75) is 43.2 Å². The first kappa shape index (κ1) is 18.9. The highest BCUT2D eigenvalue weighted by Crippen LogP contribution is 2.38. The summed E-state index contributed by atoms with van der Waals surface area (Å²) in [6, 6.07) is 8.59. The molecule has 1 fully saturated rings. The first-order valence-electron chi connectivity index (χ1n) is 9.11. The van der Waals surface area contributed by atoms with Crippen molar-refractivity contribution in [3.63, 3.8) is 0 Å². The standard InChI is InChI=1S/C20H20BrN3OS2/c21-14-8-6-13(7-9-14)16-10-26-19-18(16)20(23-12-22-19)27-11-17(25)24-15-4-2-1-3-5-15/h6-10,12,15H,1-5,11H2,(H,24,25). The van der Waals surface area contributed by atoms with Gasteiger partial charge in [0.25, 0.3) is 0 Å². The van der Waals surface area contributed by atoms with Crippen LogP contribution in [0.25, 0.3) is 21.3 Å². The molecule has 2 heterocycles. The summed E-state index contributed by atoms with van der Waals surface area (Å²) in [6.45, 7) is 0. The highest BCUT2D eigenvalue weighted by atomic mass is 79.9. The largest absolute Gasteiger partial charge is 0.353 e. The molecule has 2 aromatic heterocycles. The summed E-state index contributed by atoms with van der Waals surface area (Å²) in [5.41, 5.74) is 2.26. The van der Waals surface area contributed by atoms with E-state index >= 15 is 0 Å². The van der Waals surface area contributed by atoms with Gasteiger partial charge in [0.1, 0.15) is 16.2 Å². The molecule has 0 bridgehead atoms. The molecule has 1 saturated carbocycles. The van der Waals surface area contributed by atoms with E-state index in [1.165, 1.54) is 31.0 Å². The monoisotopic (exact) mass is 461 g/mol. The molecule has 1 aromatic carbocycles. The topological polar surface area (TPSA) is 54.9 Å². The number of thioether (sulfide) groups is 1. The number of hydrogen-bond acceptors (Lipinski definition) is 5. The van der Waals surface area contributed by atoms with E-state index in [4.69, 9.17) is 0 Å². The maximum absolute atomic E-state index is 12.4. The molecule has 0 unspecified atom stereocenters. The Kier molecular flexibility index (Phi) is 6.10. The third kappa shape index (κ3) is 4.52. The summed E-state index contributed by atoms with van der Waals surface area (Å²) < 4.78 is 1.05. The van der Waals surface area contributed by atoms with Crippen LogP contribution in [0.15, 0.2) is 45.5 Å². The van der Waals surface area contributed by atoms with Gasteiger partial charge in [-0.05, 0) is 30.5 Å². The number of benzene rings is 1. The van der Waals surface area contributed by atoms with Crippen molar-refractivity contribution >= 4 is 55.2 Å². The lowest BCUT2D eigenvalue weighted by Gasteiger charge is -2.22. The molecule has 0 saturated heterocycles. The molecule has 0 spiro atoms. The number of nitrogens with one attached hydrogen (secondary N) is 1. The summed E-state index contributed by atoms with van der Waals surface area (Å²) in [5, 5.41) is 7.21. The molecular weight excluding hydrogens is 442 g/mol. The molecule has 3 aromatic rings. The van der Waals surface area contributed by atoms with Gasteiger partial charge in [0.05, 0.1) is 11.1 Å². The lowest BCUT2D eigenvalue weighted by atomic mass is 9.95. The second-order valence-electron chi connectivity index (χ2n) is 6.71. The van der Waals surface area contributed by atoms with E-state index < -0.39 is 0 Å². The molecule has 27 heavy (non-hydrogen) atoms. The number of fused-ring (bicyclic) bond motifs is 1. The zero-order chi connectivity index (χ0) is 18.6. The number of thiophene rings is 1. The zero-order valence-corrected chi connectivity index (χ0v) is 18.0. The molecule has 0 aliphatic heterocycles.